The van der Waals surface area contributed by atoms with Crippen LogP contribution in [0.25, 0.3) is 0 Å². The molecule has 27 heavy (non-hydrogen) atoms. The number of sulfonamides is 1. The first-order chi connectivity index (χ1) is 13.0. The molecule has 0 aromatic heterocycles. The fraction of sp³-hybridized carbons (Fsp3) is 0.136. The Morgan fingerprint density at radius 1 is 0.741 bits per heavy atom. The average Bonchev–Trinajstić information content (AvgIpc) is 3.44. The first kappa shape index (κ1) is 16.4. The third kappa shape index (κ3) is 2.32. The number of aryl methyl sites for hydroxylation is 1. The molecule has 3 aromatic rings. The number of carbonyl (C=O) groups excluding carboxylic acids is 1. The van der Waals surface area contributed by atoms with Crippen LogP contribution >= 0.6 is 0 Å². The molecule has 2 aliphatic rings. The summed E-state index contributed by atoms with van der Waals surface area (Å²) in [7, 11) is -3.66. The summed E-state index contributed by atoms with van der Waals surface area (Å²) in [4.78, 5) is 13.3. The number of nitrogens with zero attached hydrogens (tertiary/aromatic N) is 1. The maximum absolute atomic E-state index is 13.3. The van der Waals surface area contributed by atoms with Gasteiger partial charge in [0.15, 0.2) is 5.78 Å². The lowest BCUT2D eigenvalue weighted by Crippen LogP contribution is -2.16. The molecule has 0 amide bonds. The molecule has 0 N–H and O–H groups in total. The van der Waals surface area contributed by atoms with Gasteiger partial charge in [0, 0.05) is 11.1 Å². The Bertz CT molecular complexity index is 1130. The average molecular weight is 375 g/mol. The van der Waals surface area contributed by atoms with Gasteiger partial charge in [-0.2, -0.15) is 4.31 Å². The van der Waals surface area contributed by atoms with Crippen molar-refractivity contribution in [3.8, 4) is 0 Å². The van der Waals surface area contributed by atoms with E-state index < -0.39 is 10.0 Å². The summed E-state index contributed by atoms with van der Waals surface area (Å²) in [5, 5.41) is 0. The number of hydrogen-bond donors (Lipinski definition) is 0. The van der Waals surface area contributed by atoms with Gasteiger partial charge in [-0.05, 0) is 30.2 Å². The van der Waals surface area contributed by atoms with Crippen LogP contribution in [0.3, 0.4) is 0 Å². The van der Waals surface area contributed by atoms with E-state index in [4.69, 9.17) is 0 Å². The van der Waals surface area contributed by atoms with Crippen molar-refractivity contribution in [2.45, 2.75) is 23.9 Å². The maximum Gasteiger partial charge on any atom is 0.244 e. The van der Waals surface area contributed by atoms with Gasteiger partial charge in [0.05, 0.1) is 17.0 Å². The maximum atomic E-state index is 13.3. The minimum absolute atomic E-state index is 0.0407. The van der Waals surface area contributed by atoms with Gasteiger partial charge in [-0.3, -0.25) is 4.79 Å². The van der Waals surface area contributed by atoms with E-state index in [0.29, 0.717) is 11.1 Å². The van der Waals surface area contributed by atoms with Crippen molar-refractivity contribution >= 4 is 15.8 Å². The lowest BCUT2D eigenvalue weighted by molar-refractivity contribution is 0.103. The van der Waals surface area contributed by atoms with Crippen LogP contribution in [-0.4, -0.2) is 18.5 Å². The Morgan fingerprint density at radius 2 is 1.22 bits per heavy atom. The van der Waals surface area contributed by atoms with E-state index in [9.17, 15) is 13.2 Å². The van der Waals surface area contributed by atoms with Crippen LogP contribution in [0.2, 0.25) is 0 Å². The lowest BCUT2D eigenvalue weighted by Gasteiger charge is -2.12. The quantitative estimate of drug-likeness (QED) is 0.636. The molecule has 1 aliphatic heterocycles. The molecule has 2 atom stereocenters. The van der Waals surface area contributed by atoms with Gasteiger partial charge in [0.2, 0.25) is 10.0 Å². The van der Waals surface area contributed by atoms with E-state index >= 15 is 0 Å². The number of ketones is 1. The van der Waals surface area contributed by atoms with E-state index in [0.717, 1.165) is 16.7 Å². The van der Waals surface area contributed by atoms with Crippen molar-refractivity contribution in [3.63, 3.8) is 0 Å². The smallest absolute Gasteiger partial charge is 0.244 e. The standard InChI is InChI=1S/C22H17NO3S/c1-14-10-12-15(13-11-14)27(25,26)23-20-16-6-2-4-8-18(16)22(24)19-9-5-3-7-17(19)21(20)23/h2-13,20-21H,1H3. The van der Waals surface area contributed by atoms with Gasteiger partial charge in [0.1, 0.15) is 0 Å². The fourth-order valence-electron chi connectivity index (χ4n) is 4.03. The van der Waals surface area contributed by atoms with Crippen molar-refractivity contribution < 1.29 is 13.2 Å². The highest BCUT2D eigenvalue weighted by atomic mass is 32.2. The van der Waals surface area contributed by atoms with Crippen LogP contribution in [0, 0.1) is 6.92 Å². The summed E-state index contributed by atoms with van der Waals surface area (Å²) >= 11 is 0. The normalized spacial score (nSPS) is 23.0. The van der Waals surface area contributed by atoms with Crippen molar-refractivity contribution in [1.82, 2.24) is 4.31 Å². The van der Waals surface area contributed by atoms with Crippen molar-refractivity contribution in [2.75, 3.05) is 0 Å². The second-order valence-electron chi connectivity index (χ2n) is 7.04. The molecule has 5 rings (SSSR count). The molecule has 0 saturated carbocycles. The second kappa shape index (κ2) is 5.62. The van der Waals surface area contributed by atoms with Crippen LogP contribution < -0.4 is 0 Å². The van der Waals surface area contributed by atoms with Crippen LogP contribution in [0.1, 0.15) is 44.7 Å². The van der Waals surface area contributed by atoms with Crippen LogP contribution in [-0.2, 0) is 10.0 Å². The molecular formula is C22H17NO3S. The molecule has 134 valence electrons. The predicted molar refractivity (Wildman–Crippen MR) is 102 cm³/mol. The van der Waals surface area contributed by atoms with Crippen LogP contribution in [0.15, 0.2) is 77.7 Å². The topological polar surface area (TPSA) is 54.2 Å². The van der Waals surface area contributed by atoms with Gasteiger partial charge in [-0.1, -0.05) is 66.2 Å². The minimum Gasteiger partial charge on any atom is -0.289 e. The van der Waals surface area contributed by atoms with Gasteiger partial charge >= 0.3 is 0 Å². The third-order valence-electron chi connectivity index (χ3n) is 5.40. The van der Waals surface area contributed by atoms with Crippen molar-refractivity contribution in [2.24, 2.45) is 0 Å². The highest BCUT2D eigenvalue weighted by Gasteiger charge is 2.59. The molecule has 3 aromatic carbocycles. The highest BCUT2D eigenvalue weighted by molar-refractivity contribution is 7.89. The van der Waals surface area contributed by atoms with Crippen LogP contribution in [0.4, 0.5) is 0 Å². The molecule has 0 radical (unpaired) electrons. The van der Waals surface area contributed by atoms with E-state index in [2.05, 4.69) is 0 Å². The zero-order valence-corrected chi connectivity index (χ0v) is 15.5. The van der Waals surface area contributed by atoms with Gasteiger partial charge in [0.25, 0.3) is 0 Å². The Kier molecular flexibility index (Phi) is 3.41. The first-order valence-electron chi connectivity index (χ1n) is 8.83. The lowest BCUT2D eigenvalue weighted by atomic mass is 9.98. The number of fused-ring (bicyclic) bond motifs is 5. The summed E-state index contributed by atoms with van der Waals surface area (Å²) in [5.74, 6) is -0.0407. The van der Waals surface area contributed by atoms with E-state index in [1.165, 1.54) is 4.31 Å². The van der Waals surface area contributed by atoms with E-state index in [1.54, 1.807) is 36.4 Å². The molecule has 1 aliphatic carbocycles. The molecule has 4 nitrogen and oxygen atoms in total. The zero-order valence-electron chi connectivity index (χ0n) is 14.7. The van der Waals surface area contributed by atoms with Crippen LogP contribution in [0.5, 0.6) is 0 Å². The van der Waals surface area contributed by atoms with E-state index in [-0.39, 0.29) is 22.8 Å². The third-order valence-corrected chi connectivity index (χ3v) is 7.28. The van der Waals surface area contributed by atoms with E-state index in [1.807, 2.05) is 43.3 Å². The van der Waals surface area contributed by atoms with Crippen molar-refractivity contribution in [1.29, 1.82) is 0 Å². The summed E-state index contributed by atoms with van der Waals surface area (Å²) < 4.78 is 28.2. The Balaban J connectivity index is 1.70. The Hall–Kier alpha value is -2.76. The van der Waals surface area contributed by atoms with Gasteiger partial charge in [-0.25, -0.2) is 8.42 Å². The monoisotopic (exact) mass is 375 g/mol. The number of carbonyl (C=O) groups is 1. The summed E-state index contributed by atoms with van der Waals surface area (Å²) in [6.45, 7) is 1.93. The second-order valence-corrected chi connectivity index (χ2v) is 8.88. The summed E-state index contributed by atoms with van der Waals surface area (Å²) in [6.07, 6.45) is 0. The SMILES string of the molecule is Cc1ccc(S(=O)(=O)N2C3c4ccccc4C(=O)c4ccccc4C32)cc1. The number of benzene rings is 3. The minimum atomic E-state index is -3.66. The molecule has 1 fully saturated rings. The van der Waals surface area contributed by atoms with Crippen molar-refractivity contribution in [3.05, 3.63) is 101 Å². The highest BCUT2D eigenvalue weighted by Crippen LogP contribution is 2.60. The molecule has 0 bridgehead atoms. The van der Waals surface area contributed by atoms with Gasteiger partial charge in [-0.15, -0.1) is 0 Å². The Morgan fingerprint density at radius 3 is 1.74 bits per heavy atom. The number of rotatable bonds is 2. The molecule has 5 heteroatoms. The molecule has 1 heterocycles. The Labute approximate surface area is 158 Å². The largest absolute Gasteiger partial charge is 0.289 e. The fourth-order valence-corrected chi connectivity index (χ4v) is 5.75. The summed E-state index contributed by atoms with van der Waals surface area (Å²) in [6, 6.07) is 20.8. The molecular weight excluding hydrogens is 358 g/mol. The number of hydrogen-bond acceptors (Lipinski definition) is 3. The molecule has 1 saturated heterocycles. The zero-order chi connectivity index (χ0) is 18.8. The summed E-state index contributed by atoms with van der Waals surface area (Å²) in [5.41, 5.74) is 3.73. The molecule has 2 unspecified atom stereocenters. The van der Waals surface area contributed by atoms with Gasteiger partial charge < -0.3 is 0 Å². The first-order valence-corrected chi connectivity index (χ1v) is 10.3. The molecule has 0 spiro atoms. The predicted octanol–water partition coefficient (Wildman–Crippen LogP) is 4.03.